The molecule has 2 aromatic carbocycles. The predicted molar refractivity (Wildman–Crippen MR) is 128 cm³/mol. The highest BCUT2D eigenvalue weighted by Gasteiger charge is 2.10. The van der Waals surface area contributed by atoms with Crippen molar-refractivity contribution in [1.29, 1.82) is 0 Å². The number of aromatic nitrogens is 1. The van der Waals surface area contributed by atoms with Crippen LogP contribution in [0.2, 0.25) is 5.02 Å². The number of aliphatic hydroxyl groups excluding tert-OH is 1. The maximum Gasteiger partial charge on any atom is 0.251 e. The van der Waals surface area contributed by atoms with Crippen LogP contribution in [-0.4, -0.2) is 54.2 Å². The zero-order valence-corrected chi connectivity index (χ0v) is 18.7. The number of anilines is 1. The van der Waals surface area contributed by atoms with Crippen LogP contribution in [-0.2, 0) is 0 Å². The van der Waals surface area contributed by atoms with E-state index in [1.807, 2.05) is 55.4 Å². The maximum atomic E-state index is 12.4. The Kier molecular flexibility index (Phi) is 7.85. The molecule has 32 heavy (non-hydrogen) atoms. The number of carbonyl (C=O) groups is 1. The van der Waals surface area contributed by atoms with Crippen molar-refractivity contribution in [1.82, 2.24) is 15.2 Å². The third-order valence-corrected chi connectivity index (χ3v) is 4.89. The summed E-state index contributed by atoms with van der Waals surface area (Å²) in [6, 6.07) is 16.3. The van der Waals surface area contributed by atoms with Gasteiger partial charge in [0.05, 0.1) is 11.7 Å². The van der Waals surface area contributed by atoms with Gasteiger partial charge in [-0.3, -0.25) is 4.79 Å². The smallest absolute Gasteiger partial charge is 0.251 e. The molecule has 1 amide bonds. The van der Waals surface area contributed by atoms with Gasteiger partial charge >= 0.3 is 0 Å². The number of hydrogen-bond donors (Lipinski definition) is 3. The first-order valence-electron chi connectivity index (χ1n) is 10.1. The first-order valence-corrected chi connectivity index (χ1v) is 10.4. The largest absolute Gasteiger partial charge is 0.390 e. The molecule has 164 valence electrons. The van der Waals surface area contributed by atoms with Gasteiger partial charge in [0.2, 0.25) is 0 Å². The molecule has 0 saturated carbocycles. The van der Waals surface area contributed by atoms with Crippen LogP contribution in [0.4, 0.5) is 5.82 Å². The van der Waals surface area contributed by atoms with Crippen molar-refractivity contribution in [3.63, 3.8) is 0 Å². The van der Waals surface area contributed by atoms with E-state index in [2.05, 4.69) is 22.1 Å². The van der Waals surface area contributed by atoms with Crippen molar-refractivity contribution < 1.29 is 9.90 Å². The molecule has 0 aliphatic heterocycles. The molecule has 3 aromatic rings. The minimum Gasteiger partial charge on any atom is -0.390 e. The molecule has 1 unspecified atom stereocenters. The van der Waals surface area contributed by atoms with Crippen LogP contribution in [0.15, 0.2) is 60.8 Å². The van der Waals surface area contributed by atoms with Crippen LogP contribution >= 0.6 is 11.6 Å². The predicted octanol–water partition coefficient (Wildman–Crippen LogP) is 3.04. The van der Waals surface area contributed by atoms with E-state index in [0.29, 0.717) is 34.1 Å². The maximum absolute atomic E-state index is 12.4. The van der Waals surface area contributed by atoms with E-state index in [-0.39, 0.29) is 12.5 Å². The van der Waals surface area contributed by atoms with Crippen molar-refractivity contribution in [2.24, 2.45) is 0 Å². The van der Waals surface area contributed by atoms with E-state index in [1.54, 1.807) is 24.4 Å². The number of nitrogens with zero attached hydrogens (tertiary/aromatic N) is 2. The molecule has 1 heterocycles. The molecule has 1 aromatic heterocycles. The van der Waals surface area contributed by atoms with Gasteiger partial charge in [0.1, 0.15) is 5.82 Å². The molecule has 0 fully saturated rings. The van der Waals surface area contributed by atoms with E-state index in [4.69, 9.17) is 17.3 Å². The number of benzene rings is 2. The first-order chi connectivity index (χ1) is 15.3. The lowest BCUT2D eigenvalue weighted by Crippen LogP contribution is -2.37. The third kappa shape index (κ3) is 6.56. The number of hydrogen-bond acceptors (Lipinski definition) is 5. The van der Waals surface area contributed by atoms with Crippen LogP contribution in [0.3, 0.4) is 0 Å². The monoisotopic (exact) mass is 448 g/mol. The average Bonchev–Trinajstić information content (AvgIpc) is 2.77. The molecule has 7 heteroatoms. The SMILES string of the molecule is CN(C)CC(O)CNC(=O)c1cccc(C#Cc2cc(-c3ccc(Cl)cc3)cnc2N)c1. The van der Waals surface area contributed by atoms with Crippen LogP contribution in [0.25, 0.3) is 11.1 Å². The van der Waals surface area contributed by atoms with Gasteiger partial charge in [-0.05, 0) is 56.1 Å². The molecule has 0 spiro atoms. The number of pyridine rings is 1. The Balaban J connectivity index is 1.75. The zero-order chi connectivity index (χ0) is 23.1. The number of nitrogen functional groups attached to an aromatic ring is 1. The highest BCUT2D eigenvalue weighted by Crippen LogP contribution is 2.23. The van der Waals surface area contributed by atoms with Gasteiger partial charge in [0.15, 0.2) is 0 Å². The number of nitrogens with one attached hydrogen (secondary N) is 1. The topological polar surface area (TPSA) is 91.5 Å². The summed E-state index contributed by atoms with van der Waals surface area (Å²) in [4.78, 5) is 18.5. The first kappa shape index (κ1) is 23.3. The third-order valence-electron chi connectivity index (χ3n) is 4.64. The van der Waals surface area contributed by atoms with Crippen molar-refractivity contribution >= 4 is 23.3 Å². The highest BCUT2D eigenvalue weighted by atomic mass is 35.5. The quantitative estimate of drug-likeness (QED) is 0.504. The van der Waals surface area contributed by atoms with Gasteiger partial charge in [0, 0.05) is 41.0 Å². The Morgan fingerprint density at radius 3 is 2.62 bits per heavy atom. The number of amides is 1. The van der Waals surface area contributed by atoms with Crippen LogP contribution < -0.4 is 11.1 Å². The van der Waals surface area contributed by atoms with Crippen LogP contribution in [0.1, 0.15) is 21.5 Å². The lowest BCUT2D eigenvalue weighted by atomic mass is 10.1. The summed E-state index contributed by atoms with van der Waals surface area (Å²) in [5.41, 5.74) is 9.58. The van der Waals surface area contributed by atoms with E-state index < -0.39 is 6.10 Å². The molecular formula is C25H25ClN4O2. The Morgan fingerprint density at radius 1 is 1.16 bits per heavy atom. The minimum atomic E-state index is -0.639. The van der Waals surface area contributed by atoms with E-state index in [1.165, 1.54) is 0 Å². The van der Waals surface area contributed by atoms with Crippen LogP contribution in [0.5, 0.6) is 0 Å². The molecular weight excluding hydrogens is 424 g/mol. The second-order valence-corrected chi connectivity index (χ2v) is 8.06. The van der Waals surface area contributed by atoms with Gasteiger partial charge < -0.3 is 21.1 Å². The molecule has 6 nitrogen and oxygen atoms in total. The van der Waals surface area contributed by atoms with Gasteiger partial charge in [0.25, 0.3) is 5.91 Å². The second-order valence-electron chi connectivity index (χ2n) is 7.62. The fourth-order valence-corrected chi connectivity index (χ4v) is 3.18. The Bertz CT molecular complexity index is 1150. The number of aliphatic hydroxyl groups is 1. The number of halogens is 1. The number of nitrogens with two attached hydrogens (primary N) is 1. The number of likely N-dealkylation sites (N-methyl/N-ethyl adjacent to an activating group) is 1. The van der Waals surface area contributed by atoms with Crippen molar-refractivity contribution in [2.45, 2.75) is 6.10 Å². The molecule has 0 saturated heterocycles. The summed E-state index contributed by atoms with van der Waals surface area (Å²) in [6.07, 6.45) is 1.06. The van der Waals surface area contributed by atoms with Crippen molar-refractivity contribution in [3.8, 4) is 23.0 Å². The van der Waals surface area contributed by atoms with Gasteiger partial charge in [-0.2, -0.15) is 0 Å². The lowest BCUT2D eigenvalue weighted by Gasteiger charge is -2.16. The summed E-state index contributed by atoms with van der Waals surface area (Å²) in [7, 11) is 3.72. The molecule has 0 bridgehead atoms. The standard InChI is InChI=1S/C25H25ClN4O2/c1-30(2)16-23(31)15-29-25(32)20-5-3-4-17(12-20)6-7-19-13-21(14-28-24(19)27)18-8-10-22(26)11-9-18/h3-5,8-14,23,31H,15-16H2,1-2H3,(H2,27,28)(H,29,32). The van der Waals surface area contributed by atoms with E-state index in [9.17, 15) is 9.90 Å². The molecule has 0 aliphatic rings. The summed E-state index contributed by atoms with van der Waals surface area (Å²) in [5, 5.41) is 13.3. The Morgan fingerprint density at radius 2 is 1.91 bits per heavy atom. The summed E-state index contributed by atoms with van der Waals surface area (Å²) >= 11 is 5.96. The average molecular weight is 449 g/mol. The number of carbonyl (C=O) groups excluding carboxylic acids is 1. The van der Waals surface area contributed by atoms with Crippen molar-refractivity contribution in [2.75, 3.05) is 32.9 Å². The number of rotatable bonds is 6. The fraction of sp³-hybridized carbons (Fsp3) is 0.200. The Labute approximate surface area is 193 Å². The Hall–Kier alpha value is -3.37. The molecule has 0 aliphatic carbocycles. The second kappa shape index (κ2) is 10.8. The van der Waals surface area contributed by atoms with Crippen molar-refractivity contribution in [3.05, 3.63) is 82.5 Å². The van der Waals surface area contributed by atoms with Gasteiger partial charge in [-0.1, -0.05) is 41.6 Å². The van der Waals surface area contributed by atoms with Gasteiger partial charge in [-0.15, -0.1) is 0 Å². The lowest BCUT2D eigenvalue weighted by molar-refractivity contribution is 0.0892. The van der Waals surface area contributed by atoms with Gasteiger partial charge in [-0.25, -0.2) is 4.98 Å². The summed E-state index contributed by atoms with van der Waals surface area (Å²) < 4.78 is 0. The highest BCUT2D eigenvalue weighted by molar-refractivity contribution is 6.30. The minimum absolute atomic E-state index is 0.173. The zero-order valence-electron chi connectivity index (χ0n) is 18.0. The van der Waals surface area contributed by atoms with E-state index >= 15 is 0 Å². The summed E-state index contributed by atoms with van der Waals surface area (Å²) in [5.74, 6) is 6.16. The molecule has 1 atom stereocenters. The molecule has 4 N–H and O–H groups in total. The molecule has 0 radical (unpaired) electrons. The fourth-order valence-electron chi connectivity index (χ4n) is 3.05. The van der Waals surface area contributed by atoms with Crippen LogP contribution in [0, 0.1) is 11.8 Å². The summed E-state index contributed by atoms with van der Waals surface area (Å²) in [6.45, 7) is 0.642. The van der Waals surface area contributed by atoms with E-state index in [0.717, 1.165) is 11.1 Å². The molecule has 3 rings (SSSR count). The normalized spacial score (nSPS) is 11.5.